The van der Waals surface area contributed by atoms with Gasteiger partial charge in [-0.25, -0.2) is 4.98 Å². The minimum atomic E-state index is -0.713. The summed E-state index contributed by atoms with van der Waals surface area (Å²) < 4.78 is 0. The SMILES string of the molecule is CCc1ccccc1C(O)c1ccc(N2CC[C@H](Nc3ncccc3Cl)C2)c(CO)c1. The van der Waals surface area contributed by atoms with Crippen molar-refractivity contribution in [3.63, 3.8) is 0 Å². The fourth-order valence-electron chi connectivity index (χ4n) is 4.30. The molecule has 31 heavy (non-hydrogen) atoms. The maximum Gasteiger partial charge on any atom is 0.145 e. The molecule has 5 nitrogen and oxygen atoms in total. The molecule has 1 aromatic heterocycles. The first-order valence-corrected chi connectivity index (χ1v) is 11.1. The van der Waals surface area contributed by atoms with E-state index >= 15 is 0 Å². The highest BCUT2D eigenvalue weighted by Crippen LogP contribution is 2.32. The van der Waals surface area contributed by atoms with E-state index < -0.39 is 6.10 Å². The molecule has 1 saturated heterocycles. The van der Waals surface area contributed by atoms with Gasteiger partial charge < -0.3 is 20.4 Å². The summed E-state index contributed by atoms with van der Waals surface area (Å²) in [6.45, 7) is 3.67. The molecule has 1 aliphatic heterocycles. The van der Waals surface area contributed by atoms with Gasteiger partial charge in [-0.1, -0.05) is 48.9 Å². The van der Waals surface area contributed by atoms with Crippen LogP contribution < -0.4 is 10.2 Å². The van der Waals surface area contributed by atoms with Crippen LogP contribution in [0.15, 0.2) is 60.8 Å². The molecule has 2 atom stereocenters. The number of aryl methyl sites for hydroxylation is 1. The Labute approximate surface area is 188 Å². The zero-order chi connectivity index (χ0) is 21.8. The maximum atomic E-state index is 11.0. The average molecular weight is 438 g/mol. The summed E-state index contributed by atoms with van der Waals surface area (Å²) in [6, 6.07) is 17.7. The Bertz CT molecular complexity index is 1040. The number of hydrogen-bond donors (Lipinski definition) is 3. The summed E-state index contributed by atoms with van der Waals surface area (Å²) in [5.41, 5.74) is 4.66. The Morgan fingerprint density at radius 2 is 2.00 bits per heavy atom. The Hall–Kier alpha value is -2.60. The second-order valence-corrected chi connectivity index (χ2v) is 8.32. The van der Waals surface area contributed by atoms with Gasteiger partial charge in [-0.3, -0.25) is 0 Å². The van der Waals surface area contributed by atoms with Crippen LogP contribution in [0.25, 0.3) is 0 Å². The maximum absolute atomic E-state index is 11.0. The molecule has 0 spiro atoms. The van der Waals surface area contributed by atoms with E-state index in [9.17, 15) is 10.2 Å². The van der Waals surface area contributed by atoms with Gasteiger partial charge in [0.15, 0.2) is 0 Å². The van der Waals surface area contributed by atoms with Crippen LogP contribution >= 0.6 is 11.6 Å². The van der Waals surface area contributed by atoms with E-state index in [0.29, 0.717) is 10.8 Å². The number of anilines is 2. The predicted octanol–water partition coefficient (Wildman–Crippen LogP) is 4.56. The minimum absolute atomic E-state index is 0.0774. The summed E-state index contributed by atoms with van der Waals surface area (Å²) in [5.74, 6) is 0.700. The van der Waals surface area contributed by atoms with Crippen LogP contribution in [0.2, 0.25) is 5.02 Å². The molecule has 3 aromatic rings. The lowest BCUT2D eigenvalue weighted by atomic mass is 9.94. The first-order chi connectivity index (χ1) is 15.1. The molecule has 0 bridgehead atoms. The average Bonchev–Trinajstić information content (AvgIpc) is 3.28. The molecule has 3 N–H and O–H groups in total. The van der Waals surface area contributed by atoms with Crippen molar-refractivity contribution in [3.05, 3.63) is 88.1 Å². The second-order valence-electron chi connectivity index (χ2n) is 7.91. The predicted molar refractivity (Wildman–Crippen MR) is 126 cm³/mol. The number of aromatic nitrogens is 1. The highest BCUT2D eigenvalue weighted by Gasteiger charge is 2.25. The van der Waals surface area contributed by atoms with Crippen molar-refractivity contribution in [2.24, 2.45) is 0 Å². The van der Waals surface area contributed by atoms with Gasteiger partial charge in [0.25, 0.3) is 0 Å². The van der Waals surface area contributed by atoms with Gasteiger partial charge in [-0.2, -0.15) is 0 Å². The quantitative estimate of drug-likeness (QED) is 0.505. The zero-order valence-corrected chi connectivity index (χ0v) is 18.4. The number of nitrogens with one attached hydrogen (secondary N) is 1. The lowest BCUT2D eigenvalue weighted by molar-refractivity contribution is 0.218. The molecular formula is C25H28ClN3O2. The fraction of sp³-hybridized carbons (Fsp3) is 0.320. The van der Waals surface area contributed by atoms with Crippen LogP contribution in [0.4, 0.5) is 11.5 Å². The number of halogens is 1. The highest BCUT2D eigenvalue weighted by molar-refractivity contribution is 6.32. The summed E-state index contributed by atoms with van der Waals surface area (Å²) in [5, 5.41) is 25.1. The molecule has 6 heteroatoms. The smallest absolute Gasteiger partial charge is 0.145 e. The molecule has 0 amide bonds. The normalized spacial score (nSPS) is 17.0. The van der Waals surface area contributed by atoms with Gasteiger partial charge in [0.05, 0.1) is 11.6 Å². The van der Waals surface area contributed by atoms with Crippen LogP contribution in [0.5, 0.6) is 0 Å². The van der Waals surface area contributed by atoms with Crippen LogP contribution in [0.3, 0.4) is 0 Å². The van der Waals surface area contributed by atoms with Crippen molar-refractivity contribution >= 4 is 23.1 Å². The number of hydrogen-bond acceptors (Lipinski definition) is 5. The number of aliphatic hydroxyl groups excluding tert-OH is 2. The van der Waals surface area contributed by atoms with E-state index in [1.807, 2.05) is 54.6 Å². The Morgan fingerprint density at radius 3 is 2.77 bits per heavy atom. The van der Waals surface area contributed by atoms with Crippen molar-refractivity contribution in [2.45, 2.75) is 38.5 Å². The van der Waals surface area contributed by atoms with Gasteiger partial charge >= 0.3 is 0 Å². The van der Waals surface area contributed by atoms with E-state index in [1.165, 1.54) is 0 Å². The van der Waals surface area contributed by atoms with Gasteiger partial charge in [-0.05, 0) is 53.8 Å². The standard InChI is InChI=1S/C25H28ClN3O2/c1-2-17-6-3-4-7-21(17)24(31)18-9-10-23(19(14-18)16-30)29-13-11-20(15-29)28-25-22(26)8-5-12-27-25/h3-10,12,14,20,24,30-31H,2,11,13,15-16H2,1H3,(H,27,28)/t20-,24?/m0/s1. The highest BCUT2D eigenvalue weighted by atomic mass is 35.5. The monoisotopic (exact) mass is 437 g/mol. The molecule has 1 unspecified atom stereocenters. The van der Waals surface area contributed by atoms with Gasteiger partial charge in [0.2, 0.25) is 0 Å². The van der Waals surface area contributed by atoms with Crippen molar-refractivity contribution in [1.29, 1.82) is 0 Å². The van der Waals surface area contributed by atoms with Gasteiger partial charge in [0, 0.05) is 36.6 Å². The third-order valence-corrected chi connectivity index (χ3v) is 6.25. The van der Waals surface area contributed by atoms with Crippen molar-refractivity contribution in [3.8, 4) is 0 Å². The molecular weight excluding hydrogens is 410 g/mol. The van der Waals surface area contributed by atoms with Crippen molar-refractivity contribution in [2.75, 3.05) is 23.3 Å². The molecule has 4 rings (SSSR count). The topological polar surface area (TPSA) is 68.6 Å². The van der Waals surface area contributed by atoms with E-state index in [1.54, 1.807) is 6.20 Å². The number of nitrogens with zero attached hydrogens (tertiary/aromatic N) is 2. The Kier molecular flexibility index (Phi) is 6.76. The van der Waals surface area contributed by atoms with Crippen molar-refractivity contribution < 1.29 is 10.2 Å². The Balaban J connectivity index is 1.52. The van der Waals surface area contributed by atoms with E-state index in [2.05, 4.69) is 22.1 Å². The van der Waals surface area contributed by atoms with Crippen LogP contribution in [-0.4, -0.2) is 34.3 Å². The summed E-state index contributed by atoms with van der Waals surface area (Å²) in [7, 11) is 0. The lowest BCUT2D eigenvalue weighted by Crippen LogP contribution is -2.27. The summed E-state index contributed by atoms with van der Waals surface area (Å²) in [6.07, 6.45) is 2.83. The fourth-order valence-corrected chi connectivity index (χ4v) is 4.47. The minimum Gasteiger partial charge on any atom is -0.392 e. The number of aliphatic hydroxyl groups is 2. The zero-order valence-electron chi connectivity index (χ0n) is 17.6. The van der Waals surface area contributed by atoms with Crippen LogP contribution in [0, 0.1) is 0 Å². The third-order valence-electron chi connectivity index (χ3n) is 5.95. The number of rotatable bonds is 7. The van der Waals surface area contributed by atoms with Crippen LogP contribution in [0.1, 0.15) is 41.7 Å². The van der Waals surface area contributed by atoms with E-state index in [4.69, 9.17) is 11.6 Å². The largest absolute Gasteiger partial charge is 0.392 e. The number of benzene rings is 2. The molecule has 0 radical (unpaired) electrons. The second kappa shape index (κ2) is 9.69. The van der Waals surface area contributed by atoms with Gasteiger partial charge in [0.1, 0.15) is 11.9 Å². The van der Waals surface area contributed by atoms with E-state index in [-0.39, 0.29) is 12.6 Å². The van der Waals surface area contributed by atoms with Crippen molar-refractivity contribution in [1.82, 2.24) is 4.98 Å². The first kappa shape index (κ1) is 21.6. The van der Waals surface area contributed by atoms with Gasteiger partial charge in [-0.15, -0.1) is 0 Å². The molecule has 162 valence electrons. The number of pyridine rings is 1. The lowest BCUT2D eigenvalue weighted by Gasteiger charge is -2.24. The Morgan fingerprint density at radius 1 is 1.16 bits per heavy atom. The molecule has 2 aromatic carbocycles. The summed E-state index contributed by atoms with van der Waals surface area (Å²) in [4.78, 5) is 6.58. The van der Waals surface area contributed by atoms with E-state index in [0.717, 1.165) is 53.9 Å². The summed E-state index contributed by atoms with van der Waals surface area (Å²) >= 11 is 6.23. The molecule has 0 aliphatic carbocycles. The molecule has 1 aliphatic rings. The third kappa shape index (κ3) is 4.69. The first-order valence-electron chi connectivity index (χ1n) is 10.7. The van der Waals surface area contributed by atoms with Crippen LogP contribution in [-0.2, 0) is 13.0 Å². The molecule has 0 saturated carbocycles. The molecule has 1 fully saturated rings. The molecule has 2 heterocycles.